The number of halogens is 1. The van der Waals surface area contributed by atoms with Gasteiger partial charge in [-0.05, 0) is 37.1 Å². The zero-order valence-electron chi connectivity index (χ0n) is 13.1. The number of nitrogens with two attached hydrogens (primary N) is 1. The number of pyridine rings is 1. The molecule has 0 aliphatic heterocycles. The molecule has 6 heteroatoms. The van der Waals surface area contributed by atoms with Gasteiger partial charge in [-0.1, -0.05) is 41.7 Å². The van der Waals surface area contributed by atoms with E-state index in [0.717, 1.165) is 42.3 Å². The van der Waals surface area contributed by atoms with Crippen molar-refractivity contribution in [1.82, 2.24) is 15.1 Å². The first-order valence-corrected chi connectivity index (χ1v) is 8.38. The average Bonchev–Trinajstić information content (AvgIpc) is 3.22. The Morgan fingerprint density at radius 2 is 1.88 bits per heavy atom. The van der Waals surface area contributed by atoms with Gasteiger partial charge in [0.25, 0.3) is 5.89 Å². The van der Waals surface area contributed by atoms with Gasteiger partial charge >= 0.3 is 0 Å². The van der Waals surface area contributed by atoms with E-state index in [1.54, 1.807) is 6.08 Å². The molecule has 1 aromatic carbocycles. The first-order chi connectivity index (χ1) is 11.6. The van der Waals surface area contributed by atoms with Crippen molar-refractivity contribution in [2.75, 3.05) is 0 Å². The molecule has 2 heterocycles. The zero-order valence-corrected chi connectivity index (χ0v) is 13.8. The second-order valence-electron chi connectivity index (χ2n) is 6.23. The van der Waals surface area contributed by atoms with E-state index in [9.17, 15) is 0 Å². The van der Waals surface area contributed by atoms with Crippen LogP contribution in [0.4, 0.5) is 0 Å². The van der Waals surface area contributed by atoms with Crippen LogP contribution in [0.5, 0.6) is 0 Å². The van der Waals surface area contributed by atoms with E-state index < -0.39 is 5.54 Å². The maximum absolute atomic E-state index is 6.34. The Hall–Kier alpha value is -2.24. The molecule has 24 heavy (non-hydrogen) atoms. The van der Waals surface area contributed by atoms with E-state index in [2.05, 4.69) is 15.1 Å². The number of hydrogen-bond acceptors (Lipinski definition) is 5. The molecule has 0 radical (unpaired) electrons. The maximum Gasteiger partial charge on any atom is 0.250 e. The van der Waals surface area contributed by atoms with Crippen LogP contribution in [0, 0.1) is 0 Å². The molecule has 0 unspecified atom stereocenters. The van der Waals surface area contributed by atoms with E-state index in [1.807, 2.05) is 36.4 Å². The maximum atomic E-state index is 6.34. The highest BCUT2D eigenvalue weighted by atomic mass is 35.5. The van der Waals surface area contributed by atoms with Crippen LogP contribution in [0.1, 0.15) is 43.1 Å². The van der Waals surface area contributed by atoms with Crippen molar-refractivity contribution < 1.29 is 4.52 Å². The van der Waals surface area contributed by atoms with Crippen LogP contribution in [0.15, 0.2) is 34.9 Å². The molecule has 3 aromatic rings. The lowest BCUT2D eigenvalue weighted by molar-refractivity contribution is 0.364. The van der Waals surface area contributed by atoms with Gasteiger partial charge in [0, 0.05) is 16.5 Å². The number of aromatic nitrogens is 3. The summed E-state index contributed by atoms with van der Waals surface area (Å²) in [5, 5.41) is 5.76. The van der Waals surface area contributed by atoms with E-state index in [4.69, 9.17) is 21.9 Å². The zero-order chi connectivity index (χ0) is 16.6. The highest BCUT2D eigenvalue weighted by Crippen LogP contribution is 2.34. The first kappa shape index (κ1) is 15.3. The number of nitrogens with zero attached hydrogens (tertiary/aromatic N) is 3. The fourth-order valence-corrected chi connectivity index (χ4v) is 3.26. The molecule has 0 spiro atoms. The molecule has 1 fully saturated rings. The van der Waals surface area contributed by atoms with Crippen LogP contribution < -0.4 is 5.73 Å². The van der Waals surface area contributed by atoms with Gasteiger partial charge in [0.1, 0.15) is 0 Å². The number of hydrogen-bond donors (Lipinski definition) is 1. The van der Waals surface area contributed by atoms with Crippen LogP contribution in [0.3, 0.4) is 0 Å². The second-order valence-corrected chi connectivity index (χ2v) is 6.66. The quantitative estimate of drug-likeness (QED) is 0.774. The summed E-state index contributed by atoms with van der Waals surface area (Å²) >= 11 is 6.02. The Kier molecular flexibility index (Phi) is 3.82. The molecule has 5 nitrogen and oxygen atoms in total. The molecule has 1 aliphatic carbocycles. The molecular weight excluding hydrogens is 324 g/mol. The molecule has 0 saturated heterocycles. The molecule has 4 rings (SSSR count). The van der Waals surface area contributed by atoms with Crippen molar-refractivity contribution in [3.63, 3.8) is 0 Å². The van der Waals surface area contributed by atoms with Crippen molar-refractivity contribution in [2.24, 2.45) is 5.73 Å². The Labute approximate surface area is 144 Å². The SMILES string of the molecule is NC1(c2noc(/C=C/c3ccc4ccc(Cl)cc4n3)n2)CCCC1. The predicted octanol–water partition coefficient (Wildman–Crippen LogP) is 4.17. The van der Waals surface area contributed by atoms with Crippen molar-refractivity contribution in [2.45, 2.75) is 31.2 Å². The van der Waals surface area contributed by atoms with Crippen LogP contribution in [-0.4, -0.2) is 15.1 Å². The van der Waals surface area contributed by atoms with Crippen molar-refractivity contribution >= 4 is 34.7 Å². The Bertz CT molecular complexity index is 912. The minimum Gasteiger partial charge on any atom is -0.335 e. The third-order valence-corrected chi connectivity index (χ3v) is 4.69. The van der Waals surface area contributed by atoms with Gasteiger partial charge in [-0.3, -0.25) is 0 Å². The molecule has 2 N–H and O–H groups in total. The largest absolute Gasteiger partial charge is 0.335 e. The molecule has 2 aromatic heterocycles. The van der Waals surface area contributed by atoms with Gasteiger partial charge in [-0.15, -0.1) is 0 Å². The van der Waals surface area contributed by atoms with Crippen LogP contribution >= 0.6 is 11.6 Å². The van der Waals surface area contributed by atoms with Gasteiger partial charge in [0.2, 0.25) is 0 Å². The van der Waals surface area contributed by atoms with Gasteiger partial charge in [0.15, 0.2) is 5.82 Å². The third-order valence-electron chi connectivity index (χ3n) is 4.46. The van der Waals surface area contributed by atoms with Gasteiger partial charge in [-0.2, -0.15) is 4.98 Å². The summed E-state index contributed by atoms with van der Waals surface area (Å²) in [4.78, 5) is 8.98. The van der Waals surface area contributed by atoms with E-state index in [1.165, 1.54) is 0 Å². The predicted molar refractivity (Wildman–Crippen MR) is 94.3 cm³/mol. The fraction of sp³-hybridized carbons (Fsp3) is 0.278. The van der Waals surface area contributed by atoms with Gasteiger partial charge < -0.3 is 10.3 Å². The molecular formula is C18H17ClN4O. The van der Waals surface area contributed by atoms with Crippen molar-refractivity contribution in [3.05, 3.63) is 52.8 Å². The molecule has 0 bridgehead atoms. The fourth-order valence-electron chi connectivity index (χ4n) is 3.09. The Balaban J connectivity index is 1.58. The van der Waals surface area contributed by atoms with Gasteiger partial charge in [-0.25, -0.2) is 4.98 Å². The van der Waals surface area contributed by atoms with Crippen molar-refractivity contribution in [3.8, 4) is 0 Å². The monoisotopic (exact) mass is 340 g/mol. The summed E-state index contributed by atoms with van der Waals surface area (Å²) in [6.45, 7) is 0. The van der Waals surface area contributed by atoms with Crippen molar-refractivity contribution in [1.29, 1.82) is 0 Å². The highest BCUT2D eigenvalue weighted by Gasteiger charge is 2.35. The Morgan fingerprint density at radius 3 is 2.71 bits per heavy atom. The molecule has 0 amide bonds. The molecule has 122 valence electrons. The normalized spacial score (nSPS) is 17.1. The average molecular weight is 341 g/mol. The highest BCUT2D eigenvalue weighted by molar-refractivity contribution is 6.31. The Morgan fingerprint density at radius 1 is 1.08 bits per heavy atom. The summed E-state index contributed by atoms with van der Waals surface area (Å²) in [6.07, 6.45) is 7.63. The summed E-state index contributed by atoms with van der Waals surface area (Å²) < 4.78 is 5.29. The van der Waals surface area contributed by atoms with Crippen LogP contribution in [0.25, 0.3) is 23.1 Å². The third kappa shape index (κ3) is 2.92. The van der Waals surface area contributed by atoms with Crippen LogP contribution in [-0.2, 0) is 5.54 Å². The first-order valence-electron chi connectivity index (χ1n) is 8.00. The minimum atomic E-state index is -0.437. The minimum absolute atomic E-state index is 0.437. The standard InChI is InChI=1S/C18H17ClN4O/c19-13-5-3-12-4-6-14(21-15(12)11-13)7-8-16-22-17(23-24-16)18(20)9-1-2-10-18/h3-8,11H,1-2,9-10,20H2/b8-7+. The van der Waals surface area contributed by atoms with Gasteiger partial charge in [0.05, 0.1) is 16.7 Å². The lowest BCUT2D eigenvalue weighted by Crippen LogP contribution is -2.34. The summed E-state index contributed by atoms with van der Waals surface area (Å²) in [7, 11) is 0. The summed E-state index contributed by atoms with van der Waals surface area (Å²) in [5.41, 5.74) is 7.56. The number of benzene rings is 1. The van der Waals surface area contributed by atoms with E-state index in [0.29, 0.717) is 16.7 Å². The van der Waals surface area contributed by atoms with E-state index in [-0.39, 0.29) is 0 Å². The molecule has 1 saturated carbocycles. The number of rotatable bonds is 3. The molecule has 0 atom stereocenters. The second kappa shape index (κ2) is 6.00. The van der Waals surface area contributed by atoms with E-state index >= 15 is 0 Å². The topological polar surface area (TPSA) is 77.8 Å². The van der Waals surface area contributed by atoms with Crippen LogP contribution in [0.2, 0.25) is 5.02 Å². The number of fused-ring (bicyclic) bond motifs is 1. The smallest absolute Gasteiger partial charge is 0.250 e. The lowest BCUT2D eigenvalue weighted by Gasteiger charge is -2.17. The lowest BCUT2D eigenvalue weighted by atomic mass is 9.99. The summed E-state index contributed by atoms with van der Waals surface area (Å²) in [5.74, 6) is 1.03. The summed E-state index contributed by atoms with van der Waals surface area (Å²) in [6, 6.07) is 9.59. The molecule has 1 aliphatic rings.